The minimum absolute atomic E-state index is 0.315. The van der Waals surface area contributed by atoms with Gasteiger partial charge in [-0.05, 0) is 52.0 Å². The molecule has 0 fully saturated rings. The molecule has 9 heteroatoms. The van der Waals surface area contributed by atoms with Crippen molar-refractivity contribution in [2.45, 2.75) is 72.1 Å². The summed E-state index contributed by atoms with van der Waals surface area (Å²) in [5.41, 5.74) is -0.121. The molecule has 0 aromatic heterocycles. The smallest absolute Gasteiger partial charge is 0.408 e. The third kappa shape index (κ3) is 10.2. The molecular weight excluding hydrogens is 438 g/mol. The number of nitrogens with zero attached hydrogens (tertiary/aromatic N) is 1. The van der Waals surface area contributed by atoms with E-state index >= 15 is 0 Å². The predicted octanol–water partition coefficient (Wildman–Crippen LogP) is 3.19. The molecule has 190 valence electrons. The van der Waals surface area contributed by atoms with Crippen LogP contribution >= 0.6 is 0 Å². The maximum Gasteiger partial charge on any atom is 0.408 e. The lowest BCUT2D eigenvalue weighted by Crippen LogP contribution is -2.51. The number of nitrogens with one attached hydrogen (secondary N) is 2. The summed E-state index contributed by atoms with van der Waals surface area (Å²) >= 11 is 0. The van der Waals surface area contributed by atoms with E-state index in [1.807, 2.05) is 13.0 Å². The van der Waals surface area contributed by atoms with Crippen molar-refractivity contribution >= 4 is 23.9 Å². The average molecular weight is 478 g/mol. The monoisotopic (exact) mass is 477 g/mol. The van der Waals surface area contributed by atoms with E-state index in [1.165, 1.54) is 12.0 Å². The Bertz CT molecular complexity index is 820. The van der Waals surface area contributed by atoms with Crippen molar-refractivity contribution in [3.63, 3.8) is 0 Å². The molecule has 0 saturated carbocycles. The van der Waals surface area contributed by atoms with Gasteiger partial charge in [-0.3, -0.25) is 14.4 Å². The Labute approximate surface area is 202 Å². The lowest BCUT2D eigenvalue weighted by molar-refractivity contribution is -0.145. The molecular formula is C25H39N3O6. The number of methoxy groups -OCH3 is 1. The van der Waals surface area contributed by atoms with Crippen molar-refractivity contribution in [2.75, 3.05) is 20.2 Å². The largest absolute Gasteiger partial charge is 0.468 e. The highest BCUT2D eigenvalue weighted by Crippen LogP contribution is 2.26. The molecule has 0 aliphatic carbocycles. The van der Waals surface area contributed by atoms with Crippen LogP contribution in [0.2, 0.25) is 0 Å². The molecule has 3 amide bonds. The van der Waals surface area contributed by atoms with Crippen LogP contribution in [0.25, 0.3) is 0 Å². The maximum atomic E-state index is 13.4. The van der Waals surface area contributed by atoms with Gasteiger partial charge in [-0.2, -0.15) is 0 Å². The zero-order chi connectivity index (χ0) is 25.9. The van der Waals surface area contributed by atoms with Gasteiger partial charge in [0.25, 0.3) is 0 Å². The van der Waals surface area contributed by atoms with Crippen LogP contribution < -0.4 is 10.6 Å². The fourth-order valence-corrected chi connectivity index (χ4v) is 3.31. The standard InChI is InChI=1S/C25H39N3O6/c1-17(2)13-14-18(3)28(20(29)15-27-24(32)34-25(4,5)6)22(19-11-9-8-10-12-19)23(31)26-16-21(30)33-7/h8-12,17-18,22H,13-16H2,1-7H3,(H,26,31)(H,27,32). The maximum absolute atomic E-state index is 13.4. The second kappa shape index (κ2) is 13.6. The Balaban J connectivity index is 3.24. The zero-order valence-corrected chi connectivity index (χ0v) is 21.3. The highest BCUT2D eigenvalue weighted by molar-refractivity contribution is 5.92. The second-order valence-electron chi connectivity index (χ2n) is 9.58. The Morgan fingerprint density at radius 3 is 2.09 bits per heavy atom. The van der Waals surface area contributed by atoms with Crippen LogP contribution in [-0.2, 0) is 23.9 Å². The molecule has 0 spiro atoms. The number of hydrogen-bond acceptors (Lipinski definition) is 6. The Hall–Kier alpha value is -3.10. The molecule has 2 atom stereocenters. The minimum atomic E-state index is -0.999. The Morgan fingerprint density at radius 1 is 0.941 bits per heavy atom. The molecule has 0 saturated heterocycles. The molecule has 1 aromatic carbocycles. The van der Waals surface area contributed by atoms with Gasteiger partial charge in [0, 0.05) is 6.04 Å². The first-order chi connectivity index (χ1) is 15.9. The van der Waals surface area contributed by atoms with Crippen LogP contribution in [0.1, 0.15) is 66.0 Å². The fourth-order valence-electron chi connectivity index (χ4n) is 3.31. The highest BCUT2D eigenvalue weighted by atomic mass is 16.6. The summed E-state index contributed by atoms with van der Waals surface area (Å²) in [6.07, 6.45) is 0.779. The number of hydrogen-bond donors (Lipinski definition) is 2. The Morgan fingerprint density at radius 2 is 1.56 bits per heavy atom. The van der Waals surface area contributed by atoms with Gasteiger partial charge < -0.3 is 25.0 Å². The van der Waals surface area contributed by atoms with Crippen molar-refractivity contribution < 1.29 is 28.7 Å². The van der Waals surface area contributed by atoms with E-state index in [9.17, 15) is 19.2 Å². The number of alkyl carbamates (subject to hydrolysis) is 1. The number of carbonyl (C=O) groups excluding carboxylic acids is 4. The lowest BCUT2D eigenvalue weighted by atomic mass is 9.98. The van der Waals surface area contributed by atoms with E-state index in [0.717, 1.165) is 6.42 Å². The molecule has 34 heavy (non-hydrogen) atoms. The molecule has 2 N–H and O–H groups in total. The first kappa shape index (κ1) is 28.9. The van der Waals surface area contributed by atoms with Gasteiger partial charge in [-0.25, -0.2) is 4.79 Å². The molecule has 1 rings (SSSR count). The van der Waals surface area contributed by atoms with Gasteiger partial charge in [0.1, 0.15) is 24.7 Å². The number of rotatable bonds is 11. The fraction of sp³-hybridized carbons (Fsp3) is 0.600. The van der Waals surface area contributed by atoms with Gasteiger partial charge in [-0.15, -0.1) is 0 Å². The molecule has 0 radical (unpaired) electrons. The Kier molecular flexibility index (Phi) is 11.5. The summed E-state index contributed by atoms with van der Waals surface area (Å²) in [6.45, 7) is 10.6. The molecule has 0 bridgehead atoms. The van der Waals surface area contributed by atoms with Gasteiger partial charge in [0.05, 0.1) is 7.11 Å². The molecule has 1 aromatic rings. The first-order valence-corrected chi connectivity index (χ1v) is 11.5. The SMILES string of the molecule is COC(=O)CNC(=O)C(c1ccccc1)N(C(=O)CNC(=O)OC(C)(C)C)C(C)CCC(C)C. The van der Waals surface area contributed by atoms with E-state index in [2.05, 4.69) is 29.2 Å². The van der Waals surface area contributed by atoms with Gasteiger partial charge in [0.2, 0.25) is 11.8 Å². The lowest BCUT2D eigenvalue weighted by Gasteiger charge is -2.36. The number of ether oxygens (including phenoxy) is 2. The van der Waals surface area contributed by atoms with E-state index < -0.39 is 35.5 Å². The van der Waals surface area contributed by atoms with E-state index in [0.29, 0.717) is 17.9 Å². The topological polar surface area (TPSA) is 114 Å². The normalized spacial score (nSPS) is 12.9. The first-order valence-electron chi connectivity index (χ1n) is 11.5. The third-order valence-electron chi connectivity index (χ3n) is 4.98. The molecule has 2 unspecified atom stereocenters. The number of amides is 3. The van der Waals surface area contributed by atoms with Crippen LogP contribution in [0, 0.1) is 5.92 Å². The quantitative estimate of drug-likeness (QED) is 0.473. The van der Waals surface area contributed by atoms with Crippen LogP contribution in [0.3, 0.4) is 0 Å². The van der Waals surface area contributed by atoms with Crippen molar-refractivity contribution in [3.8, 4) is 0 Å². The summed E-state index contributed by atoms with van der Waals surface area (Å²) in [4.78, 5) is 51.8. The zero-order valence-electron chi connectivity index (χ0n) is 21.3. The molecule has 0 aliphatic heterocycles. The van der Waals surface area contributed by atoms with Crippen LogP contribution in [0.5, 0.6) is 0 Å². The van der Waals surface area contributed by atoms with Crippen LogP contribution in [0.15, 0.2) is 30.3 Å². The number of carbonyl (C=O) groups is 4. The van der Waals surface area contributed by atoms with Crippen molar-refractivity contribution in [1.29, 1.82) is 0 Å². The second-order valence-corrected chi connectivity index (χ2v) is 9.58. The summed E-state index contributed by atoms with van der Waals surface area (Å²) in [6, 6.07) is 7.54. The molecule has 9 nitrogen and oxygen atoms in total. The van der Waals surface area contributed by atoms with E-state index in [-0.39, 0.29) is 19.1 Å². The average Bonchev–Trinajstić information content (AvgIpc) is 2.76. The van der Waals surface area contributed by atoms with Crippen LogP contribution in [0.4, 0.5) is 4.79 Å². The van der Waals surface area contributed by atoms with Gasteiger partial charge in [0.15, 0.2) is 0 Å². The summed E-state index contributed by atoms with van der Waals surface area (Å²) in [5.74, 6) is -1.15. The van der Waals surface area contributed by atoms with Gasteiger partial charge in [-0.1, -0.05) is 44.2 Å². The molecule has 0 aliphatic rings. The minimum Gasteiger partial charge on any atom is -0.468 e. The van der Waals surface area contributed by atoms with Crippen LogP contribution in [-0.4, -0.2) is 60.6 Å². The number of benzene rings is 1. The van der Waals surface area contributed by atoms with Crippen molar-refractivity contribution in [3.05, 3.63) is 35.9 Å². The van der Waals surface area contributed by atoms with Crippen molar-refractivity contribution in [1.82, 2.24) is 15.5 Å². The van der Waals surface area contributed by atoms with Gasteiger partial charge >= 0.3 is 12.1 Å². The summed E-state index contributed by atoms with van der Waals surface area (Å²) in [5, 5.41) is 5.05. The highest BCUT2D eigenvalue weighted by Gasteiger charge is 2.35. The number of esters is 1. The predicted molar refractivity (Wildman–Crippen MR) is 129 cm³/mol. The summed E-state index contributed by atoms with van der Waals surface area (Å²) in [7, 11) is 1.23. The van der Waals surface area contributed by atoms with E-state index in [1.54, 1.807) is 45.0 Å². The summed E-state index contributed by atoms with van der Waals surface area (Å²) < 4.78 is 9.84. The third-order valence-corrected chi connectivity index (χ3v) is 4.98. The van der Waals surface area contributed by atoms with E-state index in [4.69, 9.17) is 4.74 Å². The molecule has 0 heterocycles. The van der Waals surface area contributed by atoms with Crippen molar-refractivity contribution in [2.24, 2.45) is 5.92 Å².